The number of carboxylic acid groups (broad SMARTS) is 1. The molecule has 3 rings (SSSR count). The van der Waals surface area contributed by atoms with E-state index in [1.54, 1.807) is 17.5 Å². The zero-order valence-electron chi connectivity index (χ0n) is 13.5. The number of carboxylic acids is 1. The molecule has 23 heavy (non-hydrogen) atoms. The molecule has 1 fully saturated rings. The van der Waals surface area contributed by atoms with E-state index in [4.69, 9.17) is 0 Å². The average Bonchev–Trinajstić information content (AvgIpc) is 2.96. The Bertz CT molecular complexity index is 698. The van der Waals surface area contributed by atoms with E-state index in [1.807, 2.05) is 12.3 Å². The van der Waals surface area contributed by atoms with Gasteiger partial charge in [-0.3, -0.25) is 14.7 Å². The molecule has 122 valence electrons. The van der Waals surface area contributed by atoms with Crippen LogP contribution in [0.25, 0.3) is 0 Å². The van der Waals surface area contributed by atoms with Gasteiger partial charge in [-0.05, 0) is 67.4 Å². The highest BCUT2D eigenvalue weighted by molar-refractivity contribution is 7.10. The van der Waals surface area contributed by atoms with Crippen LogP contribution in [0.1, 0.15) is 46.9 Å². The Labute approximate surface area is 140 Å². The van der Waals surface area contributed by atoms with Crippen LogP contribution >= 0.6 is 11.3 Å². The van der Waals surface area contributed by atoms with Crippen LogP contribution in [-0.2, 0) is 4.79 Å². The summed E-state index contributed by atoms with van der Waals surface area (Å²) in [6.45, 7) is 4.96. The topological polar surface area (TPSA) is 53.4 Å². The molecule has 1 aliphatic heterocycles. The van der Waals surface area contributed by atoms with E-state index >= 15 is 0 Å². The van der Waals surface area contributed by atoms with Crippen molar-refractivity contribution in [1.82, 2.24) is 9.88 Å². The monoisotopic (exact) mass is 330 g/mol. The zero-order chi connectivity index (χ0) is 16.4. The average molecular weight is 330 g/mol. The Kier molecular flexibility index (Phi) is 4.78. The van der Waals surface area contributed by atoms with Crippen LogP contribution in [0.15, 0.2) is 29.9 Å². The van der Waals surface area contributed by atoms with E-state index in [0.29, 0.717) is 0 Å². The van der Waals surface area contributed by atoms with Gasteiger partial charge in [-0.1, -0.05) is 6.42 Å². The zero-order valence-corrected chi connectivity index (χ0v) is 14.3. The van der Waals surface area contributed by atoms with Gasteiger partial charge in [-0.2, -0.15) is 0 Å². The van der Waals surface area contributed by atoms with Crippen molar-refractivity contribution >= 4 is 17.3 Å². The molecule has 0 saturated carbocycles. The number of aryl methyl sites for hydroxylation is 2. The third kappa shape index (κ3) is 3.31. The SMILES string of the molecule is Cc1csc(C(c2ccncc2C)N2CCCCC2C(=O)O)c1. The molecule has 5 heteroatoms. The fourth-order valence-electron chi connectivity index (χ4n) is 3.41. The summed E-state index contributed by atoms with van der Waals surface area (Å²) in [6.07, 6.45) is 6.42. The second-order valence-corrected chi connectivity index (χ2v) is 7.19. The van der Waals surface area contributed by atoms with Gasteiger partial charge < -0.3 is 5.11 Å². The van der Waals surface area contributed by atoms with Crippen LogP contribution in [-0.4, -0.2) is 33.5 Å². The van der Waals surface area contributed by atoms with Gasteiger partial charge in [0.15, 0.2) is 0 Å². The molecule has 1 aliphatic rings. The number of nitrogens with zero attached hydrogens (tertiary/aromatic N) is 2. The minimum Gasteiger partial charge on any atom is -0.480 e. The van der Waals surface area contributed by atoms with Crippen molar-refractivity contribution in [2.45, 2.75) is 45.2 Å². The molecule has 0 amide bonds. The van der Waals surface area contributed by atoms with Crippen molar-refractivity contribution in [1.29, 1.82) is 0 Å². The maximum atomic E-state index is 11.8. The highest BCUT2D eigenvalue weighted by Crippen LogP contribution is 2.38. The third-order valence-corrected chi connectivity index (χ3v) is 5.64. The van der Waals surface area contributed by atoms with E-state index in [9.17, 15) is 9.90 Å². The lowest BCUT2D eigenvalue weighted by molar-refractivity contribution is -0.145. The van der Waals surface area contributed by atoms with Crippen molar-refractivity contribution in [3.8, 4) is 0 Å². The van der Waals surface area contributed by atoms with Crippen LogP contribution in [0.4, 0.5) is 0 Å². The van der Waals surface area contributed by atoms with Gasteiger partial charge in [0, 0.05) is 17.3 Å². The van der Waals surface area contributed by atoms with Gasteiger partial charge in [0.1, 0.15) is 6.04 Å². The van der Waals surface area contributed by atoms with Gasteiger partial charge in [0.05, 0.1) is 6.04 Å². The van der Waals surface area contributed by atoms with E-state index in [-0.39, 0.29) is 6.04 Å². The summed E-state index contributed by atoms with van der Waals surface area (Å²) in [6, 6.07) is 3.80. The molecule has 2 atom stereocenters. The van der Waals surface area contributed by atoms with Crippen molar-refractivity contribution in [2.75, 3.05) is 6.54 Å². The van der Waals surface area contributed by atoms with Crippen LogP contribution in [0.3, 0.4) is 0 Å². The number of hydrogen-bond donors (Lipinski definition) is 1. The van der Waals surface area contributed by atoms with Crippen molar-refractivity contribution in [2.24, 2.45) is 0 Å². The molecule has 0 spiro atoms. The van der Waals surface area contributed by atoms with E-state index in [0.717, 1.165) is 36.9 Å². The molecule has 0 radical (unpaired) electrons. The molecule has 2 aromatic rings. The predicted octanol–water partition coefficient (Wildman–Crippen LogP) is 3.79. The van der Waals surface area contributed by atoms with Crippen LogP contribution < -0.4 is 0 Å². The van der Waals surface area contributed by atoms with Gasteiger partial charge >= 0.3 is 5.97 Å². The molecular weight excluding hydrogens is 308 g/mol. The van der Waals surface area contributed by atoms with Crippen molar-refractivity contribution < 1.29 is 9.90 Å². The molecule has 2 unspecified atom stereocenters. The Morgan fingerprint density at radius 1 is 1.43 bits per heavy atom. The summed E-state index contributed by atoms with van der Waals surface area (Å²) in [5, 5.41) is 11.8. The Morgan fingerprint density at radius 2 is 2.26 bits per heavy atom. The first-order valence-corrected chi connectivity index (χ1v) is 8.90. The molecular formula is C18H22N2O2S. The lowest BCUT2D eigenvalue weighted by Gasteiger charge is -2.39. The van der Waals surface area contributed by atoms with E-state index in [2.05, 4.69) is 35.2 Å². The fraction of sp³-hybridized carbons (Fsp3) is 0.444. The van der Waals surface area contributed by atoms with E-state index < -0.39 is 12.0 Å². The second kappa shape index (κ2) is 6.81. The van der Waals surface area contributed by atoms with Crippen LogP contribution in [0.5, 0.6) is 0 Å². The highest BCUT2D eigenvalue weighted by atomic mass is 32.1. The first-order valence-electron chi connectivity index (χ1n) is 8.02. The molecule has 4 nitrogen and oxygen atoms in total. The Morgan fingerprint density at radius 3 is 2.91 bits per heavy atom. The summed E-state index contributed by atoms with van der Waals surface area (Å²) < 4.78 is 0. The predicted molar refractivity (Wildman–Crippen MR) is 91.9 cm³/mol. The van der Waals surface area contributed by atoms with Crippen molar-refractivity contribution in [3.05, 3.63) is 51.5 Å². The number of aliphatic carboxylic acids is 1. The normalized spacial score (nSPS) is 20.3. The molecule has 0 aliphatic carbocycles. The van der Waals surface area contributed by atoms with Crippen LogP contribution in [0, 0.1) is 13.8 Å². The Balaban J connectivity index is 2.08. The minimum atomic E-state index is -0.713. The summed E-state index contributed by atoms with van der Waals surface area (Å²) in [7, 11) is 0. The molecule has 0 aromatic carbocycles. The maximum Gasteiger partial charge on any atom is 0.320 e. The van der Waals surface area contributed by atoms with Crippen molar-refractivity contribution in [3.63, 3.8) is 0 Å². The van der Waals surface area contributed by atoms with Gasteiger partial charge in [0.25, 0.3) is 0 Å². The summed E-state index contributed by atoms with van der Waals surface area (Å²) in [5.41, 5.74) is 3.50. The molecule has 3 heterocycles. The van der Waals surface area contributed by atoms with Gasteiger partial charge in [-0.15, -0.1) is 11.3 Å². The molecule has 2 aromatic heterocycles. The van der Waals surface area contributed by atoms with Gasteiger partial charge in [0.2, 0.25) is 0 Å². The first-order chi connectivity index (χ1) is 11.1. The summed E-state index contributed by atoms with van der Waals surface area (Å²) in [5.74, 6) is -0.713. The molecule has 1 saturated heterocycles. The largest absolute Gasteiger partial charge is 0.480 e. The number of carbonyl (C=O) groups is 1. The summed E-state index contributed by atoms with van der Waals surface area (Å²) in [4.78, 5) is 19.3. The lowest BCUT2D eigenvalue weighted by Crippen LogP contribution is -2.46. The number of likely N-dealkylation sites (tertiary alicyclic amines) is 1. The number of hydrogen-bond acceptors (Lipinski definition) is 4. The number of pyridine rings is 1. The number of thiophene rings is 1. The number of rotatable bonds is 4. The van der Waals surface area contributed by atoms with E-state index in [1.165, 1.54) is 10.4 Å². The third-order valence-electron chi connectivity index (χ3n) is 4.54. The second-order valence-electron chi connectivity index (χ2n) is 6.25. The quantitative estimate of drug-likeness (QED) is 0.927. The number of aromatic nitrogens is 1. The van der Waals surface area contributed by atoms with Crippen LogP contribution in [0.2, 0.25) is 0 Å². The molecule has 1 N–H and O–H groups in total. The fourth-order valence-corrected chi connectivity index (χ4v) is 4.45. The standard InChI is InChI=1S/C18H22N2O2S/c1-12-9-16(23-11-12)17(14-6-7-19-10-13(14)2)20-8-4-3-5-15(20)18(21)22/h6-7,9-11,15,17H,3-5,8H2,1-2H3,(H,21,22). The minimum absolute atomic E-state index is 0.00176. The number of piperidine rings is 1. The first kappa shape index (κ1) is 16.1. The van der Waals surface area contributed by atoms with Gasteiger partial charge in [-0.25, -0.2) is 0 Å². The lowest BCUT2D eigenvalue weighted by atomic mass is 9.94. The molecule has 0 bridgehead atoms. The smallest absolute Gasteiger partial charge is 0.320 e. The highest BCUT2D eigenvalue weighted by Gasteiger charge is 2.36. The maximum absolute atomic E-state index is 11.8. The Hall–Kier alpha value is -1.72. The summed E-state index contributed by atoms with van der Waals surface area (Å²) >= 11 is 1.71.